The lowest BCUT2D eigenvalue weighted by molar-refractivity contribution is -0.245. The first-order valence-corrected chi connectivity index (χ1v) is 25.9. The third-order valence-electron chi connectivity index (χ3n) is 17.6. The number of ether oxygens (including phenoxy) is 5. The van der Waals surface area contributed by atoms with Crippen molar-refractivity contribution in [3.05, 3.63) is 98.7 Å². The molecule has 2 aromatic carbocycles. The van der Waals surface area contributed by atoms with Gasteiger partial charge in [-0.1, -0.05) is 53.6 Å². The van der Waals surface area contributed by atoms with Crippen molar-refractivity contribution in [3.63, 3.8) is 0 Å². The van der Waals surface area contributed by atoms with Crippen LogP contribution in [0.4, 0.5) is 0 Å². The van der Waals surface area contributed by atoms with Gasteiger partial charge in [-0.3, -0.25) is 24.5 Å². The predicted octanol–water partition coefficient (Wildman–Crippen LogP) is 7.49. The molecule has 8 atom stereocenters. The number of likely N-dealkylation sites (N-methyl/N-ethyl adjacent to an activating group) is 1. The zero-order valence-electron chi connectivity index (χ0n) is 43.4. The molecular weight excluding hydrogens is 913 g/mol. The minimum atomic E-state index is -1.65. The third kappa shape index (κ3) is 6.72. The summed E-state index contributed by atoms with van der Waals surface area (Å²) >= 11 is 0. The van der Waals surface area contributed by atoms with E-state index in [1.165, 1.54) is 12.7 Å². The molecule has 6 heterocycles. The number of Topliss-reactive ketones (excluding diaryl/α,β-unsaturated/α-hetero) is 2. The van der Waals surface area contributed by atoms with Gasteiger partial charge in [0.1, 0.15) is 29.2 Å². The molecule has 8 unspecified atom stereocenters. The summed E-state index contributed by atoms with van der Waals surface area (Å²) in [6.07, 6.45) is 11.8. The number of rotatable bonds is 11. The van der Waals surface area contributed by atoms with Crippen LogP contribution in [0.2, 0.25) is 0 Å². The summed E-state index contributed by atoms with van der Waals surface area (Å²) in [4.78, 5) is 79.6. The smallest absolute Gasteiger partial charge is 0.333 e. The average molecular weight is 981 g/mol. The summed E-state index contributed by atoms with van der Waals surface area (Å²) in [6, 6.07) is 7.68. The van der Waals surface area contributed by atoms with Crippen molar-refractivity contribution in [3.8, 4) is 17.2 Å². The van der Waals surface area contributed by atoms with Crippen LogP contribution < -0.4 is 19.5 Å². The Bertz CT molecular complexity index is 2910. The number of ketones is 2. The molecule has 2 aromatic rings. The maximum atomic E-state index is 16.2. The van der Waals surface area contributed by atoms with Gasteiger partial charge in [0.2, 0.25) is 5.91 Å². The molecule has 14 heteroatoms. The zero-order valence-corrected chi connectivity index (χ0v) is 43.4. The summed E-state index contributed by atoms with van der Waals surface area (Å²) in [5, 5.41) is 4.07. The van der Waals surface area contributed by atoms with E-state index < -0.39 is 70.1 Å². The number of piperazine rings is 1. The number of esters is 2. The van der Waals surface area contributed by atoms with E-state index in [1.54, 1.807) is 17.9 Å². The summed E-state index contributed by atoms with van der Waals surface area (Å²) < 4.78 is 34.9. The van der Waals surface area contributed by atoms with Gasteiger partial charge in [0.05, 0.1) is 35.5 Å². The van der Waals surface area contributed by atoms with E-state index in [-0.39, 0.29) is 29.6 Å². The van der Waals surface area contributed by atoms with E-state index in [0.717, 1.165) is 28.8 Å². The number of allylic oxidation sites excluding steroid dienone is 5. The van der Waals surface area contributed by atoms with Crippen LogP contribution in [-0.2, 0) is 40.7 Å². The molecule has 2 spiro atoms. The van der Waals surface area contributed by atoms with Gasteiger partial charge in [-0.25, -0.2) is 4.79 Å². The molecule has 10 aliphatic rings. The molecule has 6 fully saturated rings. The summed E-state index contributed by atoms with van der Waals surface area (Å²) in [5.74, 6) is -3.12. The van der Waals surface area contributed by atoms with E-state index in [9.17, 15) is 14.4 Å². The maximum Gasteiger partial charge on any atom is 0.333 e. The van der Waals surface area contributed by atoms with E-state index in [2.05, 4.69) is 48.0 Å². The molecular formula is C58H68N4O10. The van der Waals surface area contributed by atoms with Crippen LogP contribution in [0.15, 0.2) is 70.9 Å². The standard InChI is InChI=1S/C58H68N4O10/c1-32(2)14-13-21-55(8)22-20-38-48(70-55)37(18-17-33(3)4)50-45(49(38)69-42(64)31-41(63)61-28-26-60(9)27-29-61)58-51-43(44-46(62(58)25-24-59-58)35-15-11-12-16-36(35)47(44)65)39-30-40-54(6,7)72-56(52(39)66,57(40,51)71-50)23-19-34(5)53(67)68-10/h11-12,14-17,19-20,22,39-40,43,51,59H,13,18,21,23-31H2,1-10H3. The highest BCUT2D eigenvalue weighted by Crippen LogP contribution is 2.78. The second-order valence-corrected chi connectivity index (χ2v) is 22.9. The highest BCUT2D eigenvalue weighted by Gasteiger charge is 2.89. The maximum absolute atomic E-state index is 16.2. The van der Waals surface area contributed by atoms with Crippen LogP contribution in [0, 0.1) is 23.7 Å². The zero-order chi connectivity index (χ0) is 51.0. The highest BCUT2D eigenvalue weighted by molar-refractivity contribution is 6.22. The number of hydrogen-bond acceptors (Lipinski definition) is 13. The van der Waals surface area contributed by atoms with Gasteiger partial charge in [0, 0.05) is 91.3 Å². The Morgan fingerprint density at radius 2 is 1.62 bits per heavy atom. The van der Waals surface area contributed by atoms with Crippen molar-refractivity contribution in [1.82, 2.24) is 20.0 Å². The molecule has 3 saturated heterocycles. The number of methoxy groups -OCH3 is 1. The Balaban J connectivity index is 1.22. The molecule has 4 bridgehead atoms. The predicted molar refractivity (Wildman–Crippen MR) is 270 cm³/mol. The Hall–Kier alpha value is -5.83. The Morgan fingerprint density at radius 3 is 2.33 bits per heavy atom. The van der Waals surface area contributed by atoms with Gasteiger partial charge in [-0.15, -0.1) is 0 Å². The topological polar surface area (TPSA) is 153 Å². The lowest BCUT2D eigenvalue weighted by atomic mass is 9.39. The van der Waals surface area contributed by atoms with Crippen LogP contribution in [0.3, 0.4) is 0 Å². The Kier molecular flexibility index (Phi) is 11.3. The van der Waals surface area contributed by atoms with Crippen molar-refractivity contribution in [2.24, 2.45) is 23.7 Å². The largest absolute Gasteiger partial charge is 0.482 e. The van der Waals surface area contributed by atoms with Crippen LogP contribution in [0.25, 0.3) is 11.8 Å². The van der Waals surface area contributed by atoms with E-state index in [4.69, 9.17) is 23.7 Å². The number of carbonyl (C=O) groups is 5. The van der Waals surface area contributed by atoms with Crippen LogP contribution in [0.1, 0.15) is 120 Å². The molecule has 0 aromatic heterocycles. The molecule has 72 heavy (non-hydrogen) atoms. The summed E-state index contributed by atoms with van der Waals surface area (Å²) in [7, 11) is 3.35. The highest BCUT2D eigenvalue weighted by atomic mass is 16.6. The van der Waals surface area contributed by atoms with Gasteiger partial charge < -0.3 is 38.4 Å². The molecule has 0 radical (unpaired) electrons. The molecule has 3 saturated carbocycles. The van der Waals surface area contributed by atoms with Gasteiger partial charge in [0.15, 0.2) is 28.5 Å². The average Bonchev–Trinajstić information content (AvgIpc) is 3.94. The van der Waals surface area contributed by atoms with Gasteiger partial charge in [-0.2, -0.15) is 0 Å². The number of carbonyl (C=O) groups excluding carboxylic acids is 5. The third-order valence-corrected chi connectivity index (χ3v) is 17.6. The van der Waals surface area contributed by atoms with Crippen molar-refractivity contribution in [2.45, 2.75) is 122 Å². The number of benzene rings is 2. The van der Waals surface area contributed by atoms with Crippen LogP contribution in [-0.4, -0.2) is 120 Å². The fraction of sp³-hybridized carbons (Fsp3) is 0.534. The SMILES string of the molecule is COC(=O)C(C)=CCC12OC(C)(C)C3CC(C1=O)C1C4=C(c5ccccc5C4=O)N4CCNC45c4c(OC(=O)CC(=O)N6CCN(C)CC6)c6c(c(CC=C(C)C)c4OC32C15)OC(C)(CCC=C(C)C)C=C6. The van der Waals surface area contributed by atoms with Crippen LogP contribution >= 0.6 is 0 Å². The molecule has 380 valence electrons. The minimum Gasteiger partial charge on any atom is -0.482 e. The summed E-state index contributed by atoms with van der Waals surface area (Å²) in [5.41, 5.74) is 1.01. The van der Waals surface area contributed by atoms with E-state index in [1.807, 2.05) is 71.2 Å². The van der Waals surface area contributed by atoms with Gasteiger partial charge in [0.25, 0.3) is 0 Å². The minimum absolute atomic E-state index is 0.00404. The van der Waals surface area contributed by atoms with Crippen molar-refractivity contribution >= 4 is 41.2 Å². The van der Waals surface area contributed by atoms with Crippen molar-refractivity contribution in [1.29, 1.82) is 0 Å². The van der Waals surface area contributed by atoms with Gasteiger partial charge in [-0.05, 0) is 100 Å². The fourth-order valence-corrected chi connectivity index (χ4v) is 14.5. The first-order valence-electron chi connectivity index (χ1n) is 25.9. The number of fused-ring (bicyclic) bond motifs is 5. The molecule has 4 aliphatic carbocycles. The number of hydrogen-bond donors (Lipinski definition) is 1. The van der Waals surface area contributed by atoms with Gasteiger partial charge >= 0.3 is 11.9 Å². The molecule has 1 amide bonds. The lowest BCUT2D eigenvalue weighted by Gasteiger charge is -2.70. The summed E-state index contributed by atoms with van der Waals surface area (Å²) in [6.45, 7) is 19.4. The van der Waals surface area contributed by atoms with Crippen molar-refractivity contribution in [2.75, 3.05) is 53.4 Å². The molecule has 14 nitrogen and oxygen atoms in total. The van der Waals surface area contributed by atoms with E-state index >= 15 is 9.59 Å². The van der Waals surface area contributed by atoms with E-state index in [0.29, 0.717) is 97.9 Å². The monoisotopic (exact) mass is 980 g/mol. The number of nitrogens with one attached hydrogen (secondary N) is 1. The first-order chi connectivity index (χ1) is 34.2. The quantitative estimate of drug-likeness (QED) is 0.0779. The molecule has 6 aliphatic heterocycles. The lowest BCUT2D eigenvalue weighted by Crippen LogP contribution is -2.84. The molecule has 12 rings (SSSR count). The Labute approximate surface area is 422 Å². The van der Waals surface area contributed by atoms with Crippen molar-refractivity contribution < 1.29 is 47.7 Å². The fourth-order valence-electron chi connectivity index (χ4n) is 14.5. The number of amides is 1. The normalized spacial score (nSPS) is 31.9. The van der Waals surface area contributed by atoms with Crippen LogP contribution in [0.5, 0.6) is 17.2 Å². The second-order valence-electron chi connectivity index (χ2n) is 22.9. The molecule has 1 N–H and O–H groups in total. The first kappa shape index (κ1) is 48.4. The Morgan fingerprint density at radius 1 is 0.903 bits per heavy atom. The second kappa shape index (κ2) is 16.9. The number of nitrogens with zero attached hydrogens (tertiary/aromatic N) is 3.